The maximum absolute atomic E-state index is 16.7. The number of rotatable bonds is 4. The number of carbonyl (C=O) groups excluding carboxylic acids is 1. The molecule has 0 bridgehead atoms. The Morgan fingerprint density at radius 2 is 1.89 bits per heavy atom. The Kier molecular flexibility index (Phi) is 7.22. The molecule has 0 spiro atoms. The number of sulfone groups is 1. The van der Waals surface area contributed by atoms with Gasteiger partial charge in [-0.2, -0.15) is 4.98 Å². The van der Waals surface area contributed by atoms with Gasteiger partial charge in [-0.15, -0.1) is 0 Å². The molecule has 1 amide bonds. The van der Waals surface area contributed by atoms with Crippen LogP contribution in [0.4, 0.5) is 19.0 Å². The van der Waals surface area contributed by atoms with Crippen LogP contribution in [0.3, 0.4) is 0 Å². The van der Waals surface area contributed by atoms with Crippen LogP contribution in [0.15, 0.2) is 52.8 Å². The molecule has 10 nitrogen and oxygen atoms in total. The van der Waals surface area contributed by atoms with Crippen molar-refractivity contribution >= 4 is 32.5 Å². The predicted octanol–water partition coefficient (Wildman–Crippen LogP) is 3.99. The average molecular weight is 640 g/mol. The first kappa shape index (κ1) is 30.3. The molecule has 1 fully saturated rings. The lowest BCUT2D eigenvalue weighted by Gasteiger charge is -2.41. The minimum absolute atomic E-state index is 0.0661. The summed E-state index contributed by atoms with van der Waals surface area (Å²) in [6, 6.07) is 3.21. The van der Waals surface area contributed by atoms with Gasteiger partial charge >= 0.3 is 5.69 Å². The van der Waals surface area contributed by atoms with Gasteiger partial charge < -0.3 is 14.9 Å². The minimum atomic E-state index is -4.61. The average Bonchev–Trinajstić information content (AvgIpc) is 3.08. The summed E-state index contributed by atoms with van der Waals surface area (Å²) in [5, 5.41) is 10.4. The van der Waals surface area contributed by atoms with E-state index in [4.69, 9.17) is 0 Å². The zero-order valence-corrected chi connectivity index (χ0v) is 25.3. The van der Waals surface area contributed by atoms with E-state index in [0.717, 1.165) is 22.8 Å². The number of aryl methyl sites for hydroxylation is 1. The third-order valence-corrected chi connectivity index (χ3v) is 10.1. The summed E-state index contributed by atoms with van der Waals surface area (Å²) in [4.78, 5) is 37.3. The van der Waals surface area contributed by atoms with Crippen molar-refractivity contribution in [1.29, 1.82) is 0 Å². The van der Waals surface area contributed by atoms with Gasteiger partial charge in [-0.1, -0.05) is 20.4 Å². The van der Waals surface area contributed by atoms with Crippen LogP contribution in [0.1, 0.15) is 31.0 Å². The summed E-state index contributed by atoms with van der Waals surface area (Å²) < 4.78 is 75.8. The molecule has 6 rings (SSSR count). The molecule has 0 saturated carbocycles. The maximum Gasteiger partial charge on any atom is 0.354 e. The molecule has 0 aliphatic carbocycles. The summed E-state index contributed by atoms with van der Waals surface area (Å²) in [5.74, 6) is -6.77. The monoisotopic (exact) mass is 639 g/mol. The van der Waals surface area contributed by atoms with E-state index in [-0.39, 0.29) is 48.0 Å². The lowest BCUT2D eigenvalue weighted by Crippen LogP contribution is -2.57. The van der Waals surface area contributed by atoms with Gasteiger partial charge in [0.25, 0.3) is 0 Å². The number of piperazine rings is 1. The van der Waals surface area contributed by atoms with Gasteiger partial charge in [-0.05, 0) is 48.7 Å². The fraction of sp³-hybridized carbons (Fsp3) is 0.290. The number of nitrogens with zero attached hydrogens (tertiary/aromatic N) is 5. The molecule has 2 aromatic carbocycles. The first-order valence-electron chi connectivity index (χ1n) is 14.1. The number of phenolic OH excluding ortho intramolecular Hbond substituents is 1. The lowest BCUT2D eigenvalue weighted by molar-refractivity contribution is -0.126. The Bertz CT molecular complexity index is 2120. The Labute approximate surface area is 256 Å². The van der Waals surface area contributed by atoms with Gasteiger partial charge in [-0.3, -0.25) is 14.3 Å². The van der Waals surface area contributed by atoms with E-state index in [0.29, 0.717) is 17.3 Å². The van der Waals surface area contributed by atoms with Gasteiger partial charge in [-0.25, -0.2) is 26.4 Å². The number of aromatic hydroxyl groups is 1. The first-order chi connectivity index (χ1) is 21.3. The van der Waals surface area contributed by atoms with Crippen LogP contribution in [0.25, 0.3) is 27.7 Å². The number of amides is 1. The fourth-order valence-electron chi connectivity index (χ4n) is 6.23. The molecule has 4 aromatic rings. The van der Waals surface area contributed by atoms with E-state index in [1.807, 2.05) is 13.8 Å². The quantitative estimate of drug-likeness (QED) is 0.333. The molecule has 234 valence electrons. The van der Waals surface area contributed by atoms with E-state index in [1.165, 1.54) is 4.90 Å². The second-order valence-electron chi connectivity index (χ2n) is 11.4. The highest BCUT2D eigenvalue weighted by molar-refractivity contribution is 7.91. The highest BCUT2D eigenvalue weighted by Gasteiger charge is 2.42. The summed E-state index contributed by atoms with van der Waals surface area (Å²) in [6.45, 7) is 8.99. The van der Waals surface area contributed by atoms with Gasteiger partial charge in [0.05, 0.1) is 39.6 Å². The van der Waals surface area contributed by atoms with Gasteiger partial charge in [0, 0.05) is 31.4 Å². The van der Waals surface area contributed by atoms with Crippen LogP contribution >= 0.6 is 0 Å². The highest BCUT2D eigenvalue weighted by Crippen LogP contribution is 2.45. The molecular weight excluding hydrogens is 611 g/mol. The smallest absolute Gasteiger partial charge is 0.354 e. The number of halogens is 3. The number of fused-ring (bicyclic) bond motifs is 2. The number of hydrogen-bond acceptors (Lipinski definition) is 8. The van der Waals surface area contributed by atoms with Crippen LogP contribution in [0.2, 0.25) is 0 Å². The minimum Gasteiger partial charge on any atom is -0.507 e. The van der Waals surface area contributed by atoms with E-state index >= 15 is 8.78 Å². The lowest BCUT2D eigenvalue weighted by atomic mass is 9.99. The molecule has 0 radical (unpaired) electrons. The second-order valence-corrected chi connectivity index (χ2v) is 13.4. The predicted molar refractivity (Wildman–Crippen MR) is 161 cm³/mol. The number of anilines is 1. The number of carbonyl (C=O) groups is 1. The van der Waals surface area contributed by atoms with E-state index < -0.39 is 72.5 Å². The van der Waals surface area contributed by atoms with Crippen molar-refractivity contribution in [3.05, 3.63) is 82.3 Å². The van der Waals surface area contributed by atoms with E-state index in [9.17, 15) is 27.5 Å². The summed E-state index contributed by atoms with van der Waals surface area (Å²) in [6.07, 6.45) is 2.65. The normalized spacial score (nSPS) is 17.4. The molecule has 2 aliphatic rings. The molecule has 1 atom stereocenters. The van der Waals surface area contributed by atoms with Gasteiger partial charge in [0.15, 0.2) is 27.3 Å². The van der Waals surface area contributed by atoms with Crippen LogP contribution in [-0.2, 0) is 14.6 Å². The van der Waals surface area contributed by atoms with Crippen molar-refractivity contribution in [2.24, 2.45) is 0 Å². The molecule has 2 aromatic heterocycles. The Morgan fingerprint density at radius 1 is 1.16 bits per heavy atom. The van der Waals surface area contributed by atoms with Crippen molar-refractivity contribution in [2.45, 2.75) is 37.6 Å². The molecule has 45 heavy (non-hydrogen) atoms. The standard InChI is InChI=1S/C31H28F3N5O5S/c1-5-22(41)37-10-11-38-17(13-37)14-45(43,44)29-24-20(12-18(25(29)33)23-21(40)7-6-19(32)26(23)34)39(31(42)36-30(24)38)28-16(4)8-9-35-27(28)15(2)3/h5-9,12,15,17,40H,1,10-11,13-14H2,2-4H3. The summed E-state index contributed by atoms with van der Waals surface area (Å²) in [7, 11) is -4.61. The number of benzene rings is 2. The number of hydrogen-bond donors (Lipinski definition) is 1. The Hall–Kier alpha value is -4.72. The zero-order valence-electron chi connectivity index (χ0n) is 24.5. The molecule has 1 N–H and O–H groups in total. The highest BCUT2D eigenvalue weighted by atomic mass is 32.2. The van der Waals surface area contributed by atoms with Gasteiger partial charge in [0.1, 0.15) is 16.5 Å². The third-order valence-electron chi connectivity index (χ3n) is 8.29. The topological polar surface area (TPSA) is 126 Å². The maximum atomic E-state index is 16.7. The molecule has 1 unspecified atom stereocenters. The summed E-state index contributed by atoms with van der Waals surface area (Å²) >= 11 is 0. The third kappa shape index (κ3) is 4.66. The zero-order chi connectivity index (χ0) is 32.5. The van der Waals surface area contributed by atoms with Gasteiger partial charge in [0.2, 0.25) is 5.91 Å². The first-order valence-corrected chi connectivity index (χ1v) is 15.7. The largest absolute Gasteiger partial charge is 0.507 e. The molecule has 14 heteroatoms. The van der Waals surface area contributed by atoms with Crippen molar-refractivity contribution in [2.75, 3.05) is 30.3 Å². The number of aromatic nitrogens is 3. The second kappa shape index (κ2) is 10.7. The van der Waals surface area contributed by atoms with Crippen LogP contribution in [-0.4, -0.2) is 70.3 Å². The Balaban J connectivity index is 1.80. The molecule has 4 heterocycles. The Morgan fingerprint density at radius 3 is 2.58 bits per heavy atom. The van der Waals surface area contributed by atoms with E-state index in [2.05, 4.69) is 16.5 Å². The SMILES string of the molecule is C=CC(=O)N1CCN2c3nc(=O)n(-c4c(C)ccnc4C(C)C)c4cc(-c5c(O)ccc(F)c5F)c(F)c(c34)S(=O)(=O)CC2C1. The molecule has 1 saturated heterocycles. The number of phenols is 1. The van der Waals surface area contributed by atoms with Crippen LogP contribution < -0.4 is 10.6 Å². The van der Waals surface area contributed by atoms with E-state index in [1.54, 1.807) is 24.1 Å². The summed E-state index contributed by atoms with van der Waals surface area (Å²) in [5.41, 5.74) is -1.41. The van der Waals surface area contributed by atoms with Crippen molar-refractivity contribution in [3.8, 4) is 22.6 Å². The van der Waals surface area contributed by atoms with Crippen LogP contribution in [0, 0.1) is 24.4 Å². The van der Waals surface area contributed by atoms with Crippen molar-refractivity contribution in [3.63, 3.8) is 0 Å². The van der Waals surface area contributed by atoms with Crippen LogP contribution in [0.5, 0.6) is 5.75 Å². The number of pyridine rings is 1. The van der Waals surface area contributed by atoms with Crippen molar-refractivity contribution in [1.82, 2.24) is 19.4 Å². The van der Waals surface area contributed by atoms with Crippen molar-refractivity contribution < 1.29 is 31.5 Å². The molecular formula is C31H28F3N5O5S. The molecule has 2 aliphatic heterocycles. The fourth-order valence-corrected chi connectivity index (χ4v) is 8.08.